The molecule has 0 unspecified atom stereocenters. The number of nitrogens with zero attached hydrogens (tertiary/aromatic N) is 1. The minimum atomic E-state index is -1.10. The van der Waals surface area contributed by atoms with Crippen molar-refractivity contribution in [2.24, 2.45) is 0 Å². The molecule has 0 saturated heterocycles. The van der Waals surface area contributed by atoms with Crippen LogP contribution in [0.2, 0.25) is 0 Å². The molecule has 3 N–H and O–H groups in total. The molecule has 118 valence electrons. The first-order valence-electron chi connectivity index (χ1n) is 7.29. The second kappa shape index (κ2) is 4.55. The Morgan fingerprint density at radius 1 is 1.17 bits per heavy atom. The van der Waals surface area contributed by atoms with Crippen molar-refractivity contribution >= 4 is 5.97 Å². The first-order valence-corrected chi connectivity index (χ1v) is 7.29. The summed E-state index contributed by atoms with van der Waals surface area (Å²) in [6.45, 7) is 0. The molecule has 1 aromatic carbocycles. The lowest BCUT2D eigenvalue weighted by Gasteiger charge is -2.12. The number of hydrogen-bond donors (Lipinski definition) is 3. The minimum absolute atomic E-state index is 0.000483. The van der Waals surface area contributed by atoms with E-state index in [1.54, 1.807) is 0 Å². The molecule has 0 fully saturated rings. The molecular formula is C17H15NO5. The summed E-state index contributed by atoms with van der Waals surface area (Å²) in [4.78, 5) is 11.2. The molecule has 2 aliphatic carbocycles. The first-order chi connectivity index (χ1) is 11.0. The molecule has 4 rings (SSSR count). The van der Waals surface area contributed by atoms with Gasteiger partial charge < -0.3 is 20.1 Å². The van der Waals surface area contributed by atoms with E-state index in [9.17, 15) is 15.0 Å². The van der Waals surface area contributed by atoms with E-state index in [2.05, 4.69) is 0 Å². The Bertz CT molecular complexity index is 829. The molecule has 1 aromatic heterocycles. The topological polar surface area (TPSA) is 91.9 Å². The zero-order chi connectivity index (χ0) is 16.3. The van der Waals surface area contributed by atoms with Crippen LogP contribution in [0.15, 0.2) is 30.4 Å². The second-order valence-electron chi connectivity index (χ2n) is 5.83. The number of fused-ring (bicyclic) bond motifs is 5. The van der Waals surface area contributed by atoms with Crippen LogP contribution in [0, 0.1) is 0 Å². The van der Waals surface area contributed by atoms with Gasteiger partial charge in [-0.25, -0.2) is 4.79 Å². The number of carboxylic acid groups (broad SMARTS) is 1. The van der Waals surface area contributed by atoms with Crippen molar-refractivity contribution in [1.82, 2.24) is 4.57 Å². The van der Waals surface area contributed by atoms with E-state index < -0.39 is 5.97 Å². The number of hydrogen-bond acceptors (Lipinski definition) is 4. The molecule has 2 bridgehead atoms. The van der Waals surface area contributed by atoms with Gasteiger partial charge >= 0.3 is 5.97 Å². The average Bonchev–Trinajstić information content (AvgIpc) is 3.20. The zero-order valence-corrected chi connectivity index (χ0v) is 12.4. The Hall–Kier alpha value is -2.89. The van der Waals surface area contributed by atoms with Crippen LogP contribution in [0.1, 0.15) is 39.7 Å². The summed E-state index contributed by atoms with van der Waals surface area (Å²) in [6, 6.07) is 4.43. The Labute approximate surface area is 131 Å². The summed E-state index contributed by atoms with van der Waals surface area (Å²) in [7, 11) is 1.38. The van der Waals surface area contributed by atoms with Crippen molar-refractivity contribution in [3.8, 4) is 23.2 Å². The molecule has 1 heterocycles. The van der Waals surface area contributed by atoms with Gasteiger partial charge in [0.1, 0.15) is 11.3 Å². The van der Waals surface area contributed by atoms with E-state index in [1.165, 1.54) is 29.9 Å². The van der Waals surface area contributed by atoms with Gasteiger partial charge in [0.05, 0.1) is 12.8 Å². The number of carboxylic acids is 1. The highest BCUT2D eigenvalue weighted by Crippen LogP contribution is 2.57. The van der Waals surface area contributed by atoms with Gasteiger partial charge in [-0.1, -0.05) is 12.2 Å². The van der Waals surface area contributed by atoms with Gasteiger partial charge in [-0.15, -0.1) is 0 Å². The van der Waals surface area contributed by atoms with Gasteiger partial charge in [0.25, 0.3) is 0 Å². The molecule has 6 heteroatoms. The number of ether oxygens (including phenoxy) is 1. The van der Waals surface area contributed by atoms with Gasteiger partial charge in [0.15, 0.2) is 0 Å². The molecule has 2 aliphatic rings. The lowest BCUT2D eigenvalue weighted by atomic mass is 10.0. The predicted octanol–water partition coefficient (Wildman–Crippen LogP) is 2.74. The van der Waals surface area contributed by atoms with E-state index in [0.29, 0.717) is 5.69 Å². The highest BCUT2D eigenvalue weighted by molar-refractivity contribution is 5.91. The molecule has 23 heavy (non-hydrogen) atoms. The lowest BCUT2D eigenvalue weighted by Crippen LogP contribution is -2.02. The van der Waals surface area contributed by atoms with Crippen LogP contribution in [0.5, 0.6) is 17.5 Å². The Morgan fingerprint density at radius 3 is 2.30 bits per heavy atom. The molecule has 6 nitrogen and oxygen atoms in total. The summed E-state index contributed by atoms with van der Waals surface area (Å²) in [5.41, 5.74) is 2.00. The van der Waals surface area contributed by atoms with Crippen LogP contribution in [0.3, 0.4) is 0 Å². The van der Waals surface area contributed by atoms with Crippen LogP contribution < -0.4 is 4.74 Å². The zero-order valence-electron chi connectivity index (χ0n) is 12.4. The standard InChI is InChI=1S/C17H15NO5/c1-23-12-7-10(4-5-11(12)17(21)22)18-15(19)13-8-2-3-9(6-8)14(13)16(18)20/h2-5,7-9,19-20H,6H2,1H3,(H,21,22)/t8-,9+. The number of carbonyl (C=O) groups is 1. The summed E-state index contributed by atoms with van der Waals surface area (Å²) in [5, 5.41) is 30.3. The van der Waals surface area contributed by atoms with Crippen LogP contribution in [-0.4, -0.2) is 33.0 Å². The van der Waals surface area contributed by atoms with Crippen molar-refractivity contribution in [2.45, 2.75) is 18.3 Å². The number of methoxy groups -OCH3 is 1. The number of aromatic nitrogens is 1. The maximum atomic E-state index is 11.2. The predicted molar refractivity (Wildman–Crippen MR) is 81.8 cm³/mol. The normalized spacial score (nSPS) is 20.7. The summed E-state index contributed by atoms with van der Waals surface area (Å²) < 4.78 is 6.45. The molecular weight excluding hydrogens is 298 g/mol. The molecule has 0 amide bonds. The number of benzene rings is 1. The van der Waals surface area contributed by atoms with Crippen molar-refractivity contribution < 1.29 is 24.9 Å². The highest BCUT2D eigenvalue weighted by atomic mass is 16.5. The number of aromatic hydroxyl groups is 2. The van der Waals surface area contributed by atoms with Gasteiger partial charge in [0, 0.05) is 29.0 Å². The Balaban J connectivity index is 1.89. The van der Waals surface area contributed by atoms with Crippen LogP contribution >= 0.6 is 0 Å². The third kappa shape index (κ3) is 1.72. The fraction of sp³-hybridized carbons (Fsp3) is 0.235. The Kier molecular flexibility index (Phi) is 2.72. The fourth-order valence-electron chi connectivity index (χ4n) is 3.68. The largest absolute Gasteiger partial charge is 0.496 e. The van der Waals surface area contributed by atoms with Crippen molar-refractivity contribution in [1.29, 1.82) is 0 Å². The Morgan fingerprint density at radius 2 is 1.78 bits per heavy atom. The van der Waals surface area contributed by atoms with E-state index in [0.717, 1.165) is 17.5 Å². The first kappa shape index (κ1) is 13.8. The molecule has 0 spiro atoms. The molecule has 0 radical (unpaired) electrons. The fourth-order valence-corrected chi connectivity index (χ4v) is 3.68. The minimum Gasteiger partial charge on any atom is -0.496 e. The van der Waals surface area contributed by atoms with Gasteiger partial charge in [-0.2, -0.15) is 0 Å². The van der Waals surface area contributed by atoms with Gasteiger partial charge in [-0.05, 0) is 18.6 Å². The third-order valence-corrected chi connectivity index (χ3v) is 4.69. The molecule has 2 aromatic rings. The van der Waals surface area contributed by atoms with E-state index in [1.807, 2.05) is 12.2 Å². The van der Waals surface area contributed by atoms with Gasteiger partial charge in [0.2, 0.25) is 11.8 Å². The highest BCUT2D eigenvalue weighted by Gasteiger charge is 2.41. The smallest absolute Gasteiger partial charge is 0.339 e. The number of allylic oxidation sites excluding steroid dienone is 2. The van der Waals surface area contributed by atoms with E-state index >= 15 is 0 Å². The monoisotopic (exact) mass is 313 g/mol. The maximum Gasteiger partial charge on any atom is 0.339 e. The van der Waals surface area contributed by atoms with Crippen molar-refractivity contribution in [3.63, 3.8) is 0 Å². The second-order valence-corrected chi connectivity index (χ2v) is 5.83. The van der Waals surface area contributed by atoms with Crippen LogP contribution in [-0.2, 0) is 0 Å². The summed E-state index contributed by atoms with van der Waals surface area (Å²) >= 11 is 0. The molecule has 0 aliphatic heterocycles. The van der Waals surface area contributed by atoms with Crippen LogP contribution in [0.4, 0.5) is 0 Å². The average molecular weight is 313 g/mol. The van der Waals surface area contributed by atoms with E-state index in [-0.39, 0.29) is 34.9 Å². The lowest BCUT2D eigenvalue weighted by molar-refractivity contribution is 0.0693. The maximum absolute atomic E-state index is 11.2. The van der Waals surface area contributed by atoms with Crippen molar-refractivity contribution in [2.75, 3.05) is 7.11 Å². The van der Waals surface area contributed by atoms with E-state index in [4.69, 9.17) is 9.84 Å². The molecule has 2 atom stereocenters. The van der Waals surface area contributed by atoms with Gasteiger partial charge in [-0.3, -0.25) is 4.57 Å². The molecule has 0 saturated carbocycles. The quantitative estimate of drug-likeness (QED) is 0.758. The van der Waals surface area contributed by atoms with Crippen LogP contribution in [0.25, 0.3) is 5.69 Å². The van der Waals surface area contributed by atoms with Crippen molar-refractivity contribution in [3.05, 3.63) is 47.0 Å². The SMILES string of the molecule is COc1cc(-n2c(O)c3c(c2O)[C@H]2C=C[C@@H]3C2)ccc1C(=O)O. The third-order valence-electron chi connectivity index (χ3n) is 4.69. The number of aromatic carboxylic acids is 1. The number of rotatable bonds is 3. The summed E-state index contributed by atoms with van der Waals surface area (Å²) in [5.74, 6) is -0.675. The summed E-state index contributed by atoms with van der Waals surface area (Å²) in [6.07, 6.45) is 4.98.